The summed E-state index contributed by atoms with van der Waals surface area (Å²) in [6.07, 6.45) is 0.0398. The molecule has 1 unspecified atom stereocenters. The number of carboxylic acids is 1. The summed E-state index contributed by atoms with van der Waals surface area (Å²) in [6.45, 7) is 3.81. The second-order valence-corrected chi connectivity index (χ2v) is 5.16. The fourth-order valence-corrected chi connectivity index (χ4v) is 2.46. The standard InChI is InChI=1S/C11H15N3O4S/c1-7-5-14(2-3-18-7)11(17)12-4-9-13-8(6-19-9)10(15)16/h6-7H,2-5H2,1H3,(H,12,17)(H,15,16). The van der Waals surface area contributed by atoms with Crippen LogP contribution in [0.2, 0.25) is 0 Å². The molecule has 1 atom stereocenters. The van der Waals surface area contributed by atoms with Gasteiger partial charge in [-0.3, -0.25) is 0 Å². The minimum atomic E-state index is -1.06. The van der Waals surface area contributed by atoms with E-state index in [-0.39, 0.29) is 24.4 Å². The van der Waals surface area contributed by atoms with Crippen LogP contribution in [0.3, 0.4) is 0 Å². The van der Waals surface area contributed by atoms with E-state index >= 15 is 0 Å². The normalized spacial score (nSPS) is 19.2. The number of carboxylic acid groups (broad SMARTS) is 1. The van der Waals surface area contributed by atoms with Crippen molar-refractivity contribution in [3.05, 3.63) is 16.1 Å². The van der Waals surface area contributed by atoms with Gasteiger partial charge in [-0.1, -0.05) is 0 Å². The number of amides is 2. The first-order chi connectivity index (χ1) is 9.06. The molecule has 0 spiro atoms. The van der Waals surface area contributed by atoms with Crippen molar-refractivity contribution in [2.45, 2.75) is 19.6 Å². The zero-order chi connectivity index (χ0) is 13.8. The van der Waals surface area contributed by atoms with Gasteiger partial charge >= 0.3 is 12.0 Å². The maximum absolute atomic E-state index is 11.9. The lowest BCUT2D eigenvalue weighted by Gasteiger charge is -2.31. The van der Waals surface area contributed by atoms with Crippen molar-refractivity contribution < 1.29 is 19.4 Å². The van der Waals surface area contributed by atoms with Gasteiger partial charge in [-0.25, -0.2) is 14.6 Å². The van der Waals surface area contributed by atoms with Crippen molar-refractivity contribution in [3.8, 4) is 0 Å². The Labute approximate surface area is 114 Å². The number of hydrogen-bond acceptors (Lipinski definition) is 5. The van der Waals surface area contributed by atoms with Gasteiger partial charge < -0.3 is 20.1 Å². The number of aromatic carboxylic acids is 1. The van der Waals surface area contributed by atoms with Crippen molar-refractivity contribution in [3.63, 3.8) is 0 Å². The Hall–Kier alpha value is -1.67. The van der Waals surface area contributed by atoms with E-state index in [2.05, 4.69) is 10.3 Å². The molecule has 1 aliphatic heterocycles. The molecule has 104 valence electrons. The maximum atomic E-state index is 11.9. The zero-order valence-electron chi connectivity index (χ0n) is 10.5. The number of ether oxygens (including phenoxy) is 1. The van der Waals surface area contributed by atoms with Gasteiger partial charge in [0.2, 0.25) is 0 Å². The van der Waals surface area contributed by atoms with Gasteiger partial charge in [0.25, 0.3) is 0 Å². The maximum Gasteiger partial charge on any atom is 0.355 e. The lowest BCUT2D eigenvalue weighted by molar-refractivity contribution is -0.00352. The smallest absolute Gasteiger partial charge is 0.355 e. The quantitative estimate of drug-likeness (QED) is 0.856. The molecular formula is C11H15N3O4S. The third-order valence-corrected chi connectivity index (χ3v) is 3.54. The first-order valence-corrected chi connectivity index (χ1v) is 6.76. The number of carbonyl (C=O) groups excluding carboxylic acids is 1. The van der Waals surface area contributed by atoms with E-state index in [1.807, 2.05) is 6.92 Å². The van der Waals surface area contributed by atoms with Crippen LogP contribution in [0.15, 0.2) is 5.38 Å². The monoisotopic (exact) mass is 285 g/mol. The first-order valence-electron chi connectivity index (χ1n) is 5.88. The Bertz CT molecular complexity index is 476. The SMILES string of the molecule is CC1CN(C(=O)NCc2nc(C(=O)O)cs2)CCO1. The Morgan fingerprint density at radius 1 is 1.68 bits per heavy atom. The molecule has 1 aliphatic rings. The van der Waals surface area contributed by atoms with E-state index < -0.39 is 5.97 Å². The van der Waals surface area contributed by atoms with E-state index in [4.69, 9.17) is 9.84 Å². The second-order valence-electron chi connectivity index (χ2n) is 4.22. The highest BCUT2D eigenvalue weighted by Crippen LogP contribution is 2.10. The van der Waals surface area contributed by atoms with E-state index in [0.29, 0.717) is 24.7 Å². The van der Waals surface area contributed by atoms with Gasteiger partial charge in [-0.05, 0) is 6.92 Å². The molecule has 2 N–H and O–H groups in total. The second kappa shape index (κ2) is 5.98. The van der Waals surface area contributed by atoms with Gasteiger partial charge in [-0.2, -0.15) is 0 Å². The molecule has 1 aromatic heterocycles. The lowest BCUT2D eigenvalue weighted by Crippen LogP contribution is -2.48. The number of nitrogens with one attached hydrogen (secondary N) is 1. The summed E-state index contributed by atoms with van der Waals surface area (Å²) in [6, 6.07) is -0.178. The number of urea groups is 1. The number of nitrogens with zero attached hydrogens (tertiary/aromatic N) is 2. The number of aromatic nitrogens is 1. The number of morpholine rings is 1. The molecule has 1 fully saturated rings. The number of thiazole rings is 1. The minimum absolute atomic E-state index is 0.00856. The summed E-state index contributed by atoms with van der Waals surface area (Å²) >= 11 is 1.22. The van der Waals surface area contributed by atoms with Crippen LogP contribution >= 0.6 is 11.3 Å². The Morgan fingerprint density at radius 3 is 3.11 bits per heavy atom. The minimum Gasteiger partial charge on any atom is -0.476 e. The molecule has 0 aliphatic carbocycles. The predicted molar refractivity (Wildman–Crippen MR) is 68.3 cm³/mol. The van der Waals surface area contributed by atoms with Crippen LogP contribution < -0.4 is 5.32 Å². The molecule has 19 heavy (non-hydrogen) atoms. The average molecular weight is 285 g/mol. The number of hydrogen-bond donors (Lipinski definition) is 2. The highest BCUT2D eigenvalue weighted by Gasteiger charge is 2.21. The third kappa shape index (κ3) is 3.65. The van der Waals surface area contributed by atoms with E-state index in [9.17, 15) is 9.59 Å². The topological polar surface area (TPSA) is 91.8 Å². The summed E-state index contributed by atoms with van der Waals surface area (Å²) in [5.74, 6) is -1.06. The lowest BCUT2D eigenvalue weighted by atomic mass is 10.3. The fraction of sp³-hybridized carbons (Fsp3) is 0.545. The number of rotatable bonds is 3. The first kappa shape index (κ1) is 13.8. The molecule has 7 nitrogen and oxygen atoms in total. The van der Waals surface area contributed by atoms with Gasteiger partial charge in [-0.15, -0.1) is 11.3 Å². The largest absolute Gasteiger partial charge is 0.476 e. The van der Waals surface area contributed by atoms with Crippen molar-refractivity contribution in [1.29, 1.82) is 0 Å². The molecule has 2 heterocycles. The van der Waals surface area contributed by atoms with E-state index in [1.165, 1.54) is 16.7 Å². The Morgan fingerprint density at radius 2 is 2.47 bits per heavy atom. The summed E-state index contributed by atoms with van der Waals surface area (Å²) in [4.78, 5) is 28.1. The summed E-state index contributed by atoms with van der Waals surface area (Å²) < 4.78 is 5.35. The van der Waals surface area contributed by atoms with Crippen molar-refractivity contribution in [2.24, 2.45) is 0 Å². The highest BCUT2D eigenvalue weighted by atomic mass is 32.1. The third-order valence-electron chi connectivity index (χ3n) is 2.69. The van der Waals surface area contributed by atoms with Gasteiger partial charge in [0.1, 0.15) is 5.01 Å². The van der Waals surface area contributed by atoms with Crippen LogP contribution in [0.5, 0.6) is 0 Å². The fourth-order valence-electron chi connectivity index (χ4n) is 1.76. The Kier molecular flexibility index (Phi) is 4.33. The molecule has 0 saturated carbocycles. The Balaban J connectivity index is 1.84. The molecular weight excluding hydrogens is 270 g/mol. The molecule has 1 aromatic rings. The average Bonchev–Trinajstić information content (AvgIpc) is 2.85. The zero-order valence-corrected chi connectivity index (χ0v) is 11.3. The predicted octanol–water partition coefficient (Wildman–Crippen LogP) is 0.772. The highest BCUT2D eigenvalue weighted by molar-refractivity contribution is 7.09. The van der Waals surface area contributed by atoms with Crippen LogP contribution in [0.1, 0.15) is 22.4 Å². The van der Waals surface area contributed by atoms with Crippen molar-refractivity contribution >= 4 is 23.3 Å². The molecule has 0 bridgehead atoms. The van der Waals surface area contributed by atoms with Gasteiger partial charge in [0.05, 0.1) is 19.3 Å². The van der Waals surface area contributed by atoms with Crippen LogP contribution in [0.25, 0.3) is 0 Å². The van der Waals surface area contributed by atoms with Crippen LogP contribution in [0, 0.1) is 0 Å². The molecule has 0 radical (unpaired) electrons. The molecule has 2 rings (SSSR count). The molecule has 0 aromatic carbocycles. The molecule has 8 heteroatoms. The van der Waals surface area contributed by atoms with Gasteiger partial charge in [0.15, 0.2) is 5.69 Å². The van der Waals surface area contributed by atoms with Gasteiger partial charge in [0, 0.05) is 18.5 Å². The van der Waals surface area contributed by atoms with Crippen LogP contribution in [-0.4, -0.2) is 52.8 Å². The summed E-state index contributed by atoms with van der Waals surface area (Å²) in [5, 5.41) is 13.5. The van der Waals surface area contributed by atoms with Crippen molar-refractivity contribution in [2.75, 3.05) is 19.7 Å². The van der Waals surface area contributed by atoms with Crippen LogP contribution in [0.4, 0.5) is 4.79 Å². The van der Waals surface area contributed by atoms with E-state index in [0.717, 1.165) is 0 Å². The van der Waals surface area contributed by atoms with Crippen molar-refractivity contribution in [1.82, 2.24) is 15.2 Å². The molecule has 2 amide bonds. The van der Waals surface area contributed by atoms with Crippen LogP contribution in [-0.2, 0) is 11.3 Å². The van der Waals surface area contributed by atoms with E-state index in [1.54, 1.807) is 4.90 Å². The number of carbonyl (C=O) groups is 2. The summed E-state index contributed by atoms with van der Waals surface area (Å²) in [7, 11) is 0. The molecule has 1 saturated heterocycles. The summed E-state index contributed by atoms with van der Waals surface area (Å²) in [5.41, 5.74) is 0.00856.